The summed E-state index contributed by atoms with van der Waals surface area (Å²) in [6.45, 7) is 6.74. The van der Waals surface area contributed by atoms with Gasteiger partial charge in [-0.3, -0.25) is 19.1 Å². The first-order chi connectivity index (χ1) is 14.0. The number of amides is 1. The lowest BCUT2D eigenvalue weighted by atomic mass is 10.2. The van der Waals surface area contributed by atoms with E-state index in [1.807, 2.05) is 30.3 Å². The highest BCUT2D eigenvalue weighted by Gasteiger charge is 2.23. The highest BCUT2D eigenvalue weighted by atomic mass is 16.6. The summed E-state index contributed by atoms with van der Waals surface area (Å²) in [6.07, 6.45) is 0.467. The number of nitrogens with one attached hydrogen (secondary N) is 2. The van der Waals surface area contributed by atoms with Crippen LogP contribution in [0, 0.1) is 6.92 Å². The summed E-state index contributed by atoms with van der Waals surface area (Å²) in [5.74, 6) is -0.547. The van der Waals surface area contributed by atoms with Crippen molar-refractivity contribution in [3.63, 3.8) is 0 Å². The molecule has 162 valence electrons. The van der Waals surface area contributed by atoms with Crippen molar-refractivity contribution in [2.24, 2.45) is 0 Å². The van der Waals surface area contributed by atoms with Gasteiger partial charge in [0, 0.05) is 18.3 Å². The molecular formula is C21H27N3O6. The number of hydrogen-bond acceptors (Lipinski definition) is 6. The Morgan fingerprint density at radius 2 is 1.83 bits per heavy atom. The van der Waals surface area contributed by atoms with Crippen molar-refractivity contribution < 1.29 is 19.1 Å². The van der Waals surface area contributed by atoms with Gasteiger partial charge in [0.25, 0.3) is 5.56 Å². The Balaban J connectivity index is 2.11. The third-order valence-corrected chi connectivity index (χ3v) is 3.98. The topological polar surface area (TPSA) is 119 Å². The first-order valence-electron chi connectivity index (χ1n) is 9.53. The van der Waals surface area contributed by atoms with E-state index in [0.717, 1.165) is 5.56 Å². The average Bonchev–Trinajstić information content (AvgIpc) is 2.63. The van der Waals surface area contributed by atoms with Gasteiger partial charge in [0.15, 0.2) is 0 Å². The molecule has 30 heavy (non-hydrogen) atoms. The van der Waals surface area contributed by atoms with Gasteiger partial charge in [-0.15, -0.1) is 0 Å². The third kappa shape index (κ3) is 7.57. The molecule has 0 saturated carbocycles. The zero-order valence-electron chi connectivity index (χ0n) is 17.6. The fourth-order valence-corrected chi connectivity index (χ4v) is 2.63. The fraction of sp³-hybridized carbons (Fsp3) is 0.429. The van der Waals surface area contributed by atoms with Crippen LogP contribution in [0.4, 0.5) is 4.79 Å². The van der Waals surface area contributed by atoms with Crippen LogP contribution in [0.15, 0.2) is 46.1 Å². The minimum absolute atomic E-state index is 0.0455. The lowest BCUT2D eigenvalue weighted by Gasteiger charge is -2.23. The molecule has 0 aliphatic rings. The molecule has 0 unspecified atom stereocenters. The van der Waals surface area contributed by atoms with Gasteiger partial charge in [0.05, 0.1) is 12.5 Å². The molecule has 1 aromatic heterocycles. The number of carbonyl (C=O) groups is 2. The van der Waals surface area contributed by atoms with Gasteiger partial charge in [-0.1, -0.05) is 30.3 Å². The lowest BCUT2D eigenvalue weighted by molar-refractivity contribution is -0.145. The summed E-state index contributed by atoms with van der Waals surface area (Å²) in [5.41, 5.74) is -0.699. The van der Waals surface area contributed by atoms with E-state index in [1.54, 1.807) is 27.7 Å². The standard InChI is InChI=1S/C21H27N3O6/c1-14-11-24(19(27)23-18(14)26)12-16(22-20(28)30-21(2,3)4)10-17(25)29-13-15-8-6-5-7-9-15/h5-9,11,16H,10,12-13H2,1-4H3,(H,22,28)(H,23,26,27)/t16-/m1/s1. The van der Waals surface area contributed by atoms with Crippen LogP contribution in [-0.4, -0.2) is 33.3 Å². The van der Waals surface area contributed by atoms with E-state index in [9.17, 15) is 19.2 Å². The van der Waals surface area contributed by atoms with Crippen molar-refractivity contribution in [2.45, 2.75) is 58.9 Å². The van der Waals surface area contributed by atoms with Crippen molar-refractivity contribution in [3.05, 3.63) is 68.5 Å². The van der Waals surface area contributed by atoms with Gasteiger partial charge in [0.2, 0.25) is 0 Å². The predicted molar refractivity (Wildman–Crippen MR) is 110 cm³/mol. The molecule has 0 spiro atoms. The highest BCUT2D eigenvalue weighted by molar-refractivity contribution is 5.73. The van der Waals surface area contributed by atoms with Crippen LogP contribution in [0.2, 0.25) is 0 Å². The summed E-state index contributed by atoms with van der Waals surface area (Å²) in [4.78, 5) is 50.4. The van der Waals surface area contributed by atoms with Crippen LogP contribution < -0.4 is 16.6 Å². The molecule has 0 radical (unpaired) electrons. The van der Waals surface area contributed by atoms with Crippen molar-refractivity contribution in [3.8, 4) is 0 Å². The number of benzene rings is 1. The van der Waals surface area contributed by atoms with Crippen LogP contribution in [0.3, 0.4) is 0 Å². The van der Waals surface area contributed by atoms with E-state index in [4.69, 9.17) is 9.47 Å². The molecule has 0 saturated heterocycles. The maximum absolute atomic E-state index is 12.3. The summed E-state index contributed by atoms with van der Waals surface area (Å²) >= 11 is 0. The number of rotatable bonds is 7. The van der Waals surface area contributed by atoms with Crippen LogP contribution in [-0.2, 0) is 27.4 Å². The number of nitrogens with zero attached hydrogens (tertiary/aromatic N) is 1. The fourth-order valence-electron chi connectivity index (χ4n) is 2.63. The minimum atomic E-state index is -0.786. The molecule has 1 atom stereocenters. The zero-order chi connectivity index (χ0) is 22.3. The summed E-state index contributed by atoms with van der Waals surface area (Å²) in [7, 11) is 0. The molecular weight excluding hydrogens is 390 g/mol. The molecule has 2 aromatic rings. The number of aromatic amines is 1. The Labute approximate surface area is 174 Å². The molecule has 1 amide bonds. The molecule has 0 aliphatic carbocycles. The summed E-state index contributed by atoms with van der Waals surface area (Å²) in [5, 5.41) is 2.60. The number of hydrogen-bond donors (Lipinski definition) is 2. The molecule has 1 aromatic carbocycles. The number of aromatic nitrogens is 2. The van der Waals surface area contributed by atoms with E-state index in [1.165, 1.54) is 10.8 Å². The molecule has 9 nitrogen and oxygen atoms in total. The number of carbonyl (C=O) groups excluding carboxylic acids is 2. The van der Waals surface area contributed by atoms with Gasteiger partial charge in [-0.05, 0) is 33.3 Å². The van der Waals surface area contributed by atoms with Crippen LogP contribution in [0.25, 0.3) is 0 Å². The van der Waals surface area contributed by atoms with Crippen LogP contribution in [0.5, 0.6) is 0 Å². The quantitative estimate of drug-likeness (QED) is 0.664. The second-order valence-corrected chi connectivity index (χ2v) is 7.92. The van der Waals surface area contributed by atoms with Gasteiger partial charge < -0.3 is 14.8 Å². The first kappa shape index (κ1) is 22.9. The first-order valence-corrected chi connectivity index (χ1v) is 9.53. The molecule has 9 heteroatoms. The van der Waals surface area contributed by atoms with Crippen molar-refractivity contribution in [2.75, 3.05) is 0 Å². The second-order valence-electron chi connectivity index (χ2n) is 7.92. The van der Waals surface area contributed by atoms with E-state index < -0.39 is 35.0 Å². The van der Waals surface area contributed by atoms with E-state index in [2.05, 4.69) is 10.3 Å². The van der Waals surface area contributed by atoms with Gasteiger partial charge in [-0.2, -0.15) is 0 Å². The lowest BCUT2D eigenvalue weighted by Crippen LogP contribution is -2.45. The number of esters is 1. The summed E-state index contributed by atoms with van der Waals surface area (Å²) < 4.78 is 11.7. The normalized spacial score (nSPS) is 12.1. The maximum atomic E-state index is 12.3. The van der Waals surface area contributed by atoms with Crippen molar-refractivity contribution >= 4 is 12.1 Å². The van der Waals surface area contributed by atoms with Crippen molar-refractivity contribution in [1.29, 1.82) is 0 Å². The molecule has 2 rings (SSSR count). The van der Waals surface area contributed by atoms with E-state index in [0.29, 0.717) is 5.56 Å². The molecule has 0 aliphatic heterocycles. The van der Waals surface area contributed by atoms with Gasteiger partial charge in [-0.25, -0.2) is 9.59 Å². The average molecular weight is 417 g/mol. The minimum Gasteiger partial charge on any atom is -0.461 e. The second kappa shape index (κ2) is 9.91. The molecule has 1 heterocycles. The Morgan fingerprint density at radius 1 is 1.17 bits per heavy atom. The zero-order valence-corrected chi connectivity index (χ0v) is 17.6. The SMILES string of the molecule is Cc1cn(C[C@@H](CC(=O)OCc2ccccc2)NC(=O)OC(C)(C)C)c(=O)[nH]c1=O. The molecule has 2 N–H and O–H groups in total. The van der Waals surface area contributed by atoms with Gasteiger partial charge in [0.1, 0.15) is 12.2 Å². The largest absolute Gasteiger partial charge is 0.461 e. The Morgan fingerprint density at radius 3 is 2.47 bits per heavy atom. The van der Waals surface area contributed by atoms with E-state index in [-0.39, 0.29) is 19.6 Å². The molecule has 0 bridgehead atoms. The van der Waals surface area contributed by atoms with Crippen LogP contribution >= 0.6 is 0 Å². The Hall–Kier alpha value is -3.36. The monoisotopic (exact) mass is 417 g/mol. The van der Waals surface area contributed by atoms with E-state index >= 15 is 0 Å². The number of alkyl carbamates (subject to hydrolysis) is 1. The van der Waals surface area contributed by atoms with Crippen molar-refractivity contribution in [1.82, 2.24) is 14.9 Å². The number of ether oxygens (including phenoxy) is 2. The van der Waals surface area contributed by atoms with Crippen LogP contribution in [0.1, 0.15) is 38.3 Å². The highest BCUT2D eigenvalue weighted by Crippen LogP contribution is 2.09. The summed E-state index contributed by atoms with van der Waals surface area (Å²) in [6, 6.07) is 8.39. The smallest absolute Gasteiger partial charge is 0.407 e. The number of aryl methyl sites for hydroxylation is 1. The maximum Gasteiger partial charge on any atom is 0.407 e. The predicted octanol–water partition coefficient (Wildman–Crippen LogP) is 1.87. The van der Waals surface area contributed by atoms with Gasteiger partial charge >= 0.3 is 17.8 Å². The Kier molecular flexibility index (Phi) is 7.57. The molecule has 0 fully saturated rings. The third-order valence-electron chi connectivity index (χ3n) is 3.98. The number of H-pyrrole nitrogens is 1. The Bertz CT molecular complexity index is 988.